The van der Waals surface area contributed by atoms with Gasteiger partial charge in [0.05, 0.1) is 17.9 Å². The first-order valence-electron chi connectivity index (χ1n) is 8.02. The number of hydrogen-bond acceptors (Lipinski definition) is 2. The minimum atomic E-state index is 0.0235. The largest absolute Gasteiger partial charge is 0.330 e. The molecule has 0 N–H and O–H groups in total. The zero-order chi connectivity index (χ0) is 15.4. The molecule has 2 aromatic rings. The van der Waals surface area contributed by atoms with Crippen LogP contribution in [0.1, 0.15) is 60.4 Å². The van der Waals surface area contributed by atoms with Crippen molar-refractivity contribution < 1.29 is 4.79 Å². The van der Waals surface area contributed by atoms with Crippen molar-refractivity contribution in [2.45, 2.75) is 51.0 Å². The summed E-state index contributed by atoms with van der Waals surface area (Å²) < 4.78 is 1.76. The topological polar surface area (TPSA) is 34.9 Å². The number of carbonyl (C=O) groups is 1. The summed E-state index contributed by atoms with van der Waals surface area (Å²) in [6, 6.07) is 5.98. The quantitative estimate of drug-likeness (QED) is 0.596. The highest BCUT2D eigenvalue weighted by atomic mass is 35.5. The fourth-order valence-electron chi connectivity index (χ4n) is 3.26. The Balaban J connectivity index is 1.75. The Bertz CT molecular complexity index is 629. The second-order valence-corrected chi connectivity index (χ2v) is 6.49. The summed E-state index contributed by atoms with van der Waals surface area (Å²) in [5.74, 6) is 0.619. The van der Waals surface area contributed by atoms with Crippen LogP contribution in [0.3, 0.4) is 0 Å². The van der Waals surface area contributed by atoms with E-state index in [4.69, 9.17) is 11.6 Å². The van der Waals surface area contributed by atoms with Crippen molar-refractivity contribution in [1.82, 2.24) is 9.55 Å². The summed E-state index contributed by atoms with van der Waals surface area (Å²) in [6.45, 7) is 0.280. The maximum atomic E-state index is 12.3. The number of ketones is 1. The number of nitrogens with zero attached hydrogens (tertiary/aromatic N) is 2. The molecule has 0 atom stereocenters. The highest BCUT2D eigenvalue weighted by Gasteiger charge is 2.17. The van der Waals surface area contributed by atoms with Crippen LogP contribution in [0.15, 0.2) is 36.9 Å². The number of halogens is 1. The van der Waals surface area contributed by atoms with E-state index in [1.165, 1.54) is 44.1 Å². The molecule has 0 unspecified atom stereocenters. The van der Waals surface area contributed by atoms with E-state index >= 15 is 0 Å². The minimum absolute atomic E-state index is 0.0235. The number of Topliss-reactive ketones (excluding diaryl/α,β-unsaturated/α-hetero) is 1. The van der Waals surface area contributed by atoms with E-state index in [0.717, 1.165) is 0 Å². The summed E-state index contributed by atoms with van der Waals surface area (Å²) in [4.78, 5) is 16.3. The number of aromatic nitrogens is 2. The maximum absolute atomic E-state index is 12.3. The molecule has 3 nitrogen and oxygen atoms in total. The van der Waals surface area contributed by atoms with Gasteiger partial charge in [0.25, 0.3) is 0 Å². The van der Waals surface area contributed by atoms with Crippen LogP contribution >= 0.6 is 11.6 Å². The summed E-state index contributed by atoms with van der Waals surface area (Å²) in [5.41, 5.74) is 1.89. The third kappa shape index (κ3) is 3.58. The van der Waals surface area contributed by atoms with Crippen LogP contribution < -0.4 is 0 Å². The maximum Gasteiger partial charge on any atom is 0.184 e. The van der Waals surface area contributed by atoms with Gasteiger partial charge in [-0.15, -0.1) is 0 Å². The van der Waals surface area contributed by atoms with Gasteiger partial charge in [-0.3, -0.25) is 4.79 Å². The fourth-order valence-corrected chi connectivity index (χ4v) is 3.55. The Kier molecular flexibility index (Phi) is 4.94. The lowest BCUT2D eigenvalue weighted by Gasteiger charge is -2.16. The SMILES string of the molecule is O=C(Cn1ccnc1)c1ccc(C2CCCCCC2)cc1Cl. The van der Waals surface area contributed by atoms with Gasteiger partial charge in [-0.2, -0.15) is 0 Å². The van der Waals surface area contributed by atoms with Crippen molar-refractivity contribution in [3.8, 4) is 0 Å². The zero-order valence-corrected chi connectivity index (χ0v) is 13.4. The Morgan fingerprint density at radius 2 is 2.00 bits per heavy atom. The molecule has 0 saturated heterocycles. The monoisotopic (exact) mass is 316 g/mol. The Labute approximate surface area is 136 Å². The molecular formula is C18H21ClN2O. The van der Waals surface area contributed by atoms with Crippen molar-refractivity contribution in [2.24, 2.45) is 0 Å². The van der Waals surface area contributed by atoms with Crippen molar-refractivity contribution in [3.63, 3.8) is 0 Å². The third-order valence-corrected chi connectivity index (χ3v) is 4.82. The first-order valence-corrected chi connectivity index (χ1v) is 8.40. The van der Waals surface area contributed by atoms with Crippen molar-refractivity contribution >= 4 is 17.4 Å². The van der Waals surface area contributed by atoms with Crippen LogP contribution in [0.2, 0.25) is 5.02 Å². The molecule has 1 saturated carbocycles. The number of hydrogen-bond donors (Lipinski definition) is 0. The van der Waals surface area contributed by atoms with Crippen molar-refractivity contribution in [2.75, 3.05) is 0 Å². The number of rotatable bonds is 4. The number of benzene rings is 1. The lowest BCUT2D eigenvalue weighted by molar-refractivity contribution is 0.0972. The minimum Gasteiger partial charge on any atom is -0.330 e. The molecule has 1 aromatic carbocycles. The van der Waals surface area contributed by atoms with Gasteiger partial charge in [-0.1, -0.05) is 43.4 Å². The number of carbonyl (C=O) groups excluding carboxylic acids is 1. The molecule has 4 heteroatoms. The standard InChI is InChI=1S/C18H21ClN2O/c19-17-11-15(14-5-3-1-2-4-6-14)7-8-16(17)18(22)12-21-10-9-20-13-21/h7-11,13-14H,1-6,12H2. The lowest BCUT2D eigenvalue weighted by atomic mass is 9.91. The first kappa shape index (κ1) is 15.3. The second-order valence-electron chi connectivity index (χ2n) is 6.09. The molecule has 1 aliphatic rings. The van der Waals surface area contributed by atoms with Crippen LogP contribution in [-0.2, 0) is 6.54 Å². The van der Waals surface area contributed by atoms with Crippen LogP contribution in [-0.4, -0.2) is 15.3 Å². The summed E-state index contributed by atoms with van der Waals surface area (Å²) in [6.07, 6.45) is 12.8. The Morgan fingerprint density at radius 1 is 1.23 bits per heavy atom. The summed E-state index contributed by atoms with van der Waals surface area (Å²) in [7, 11) is 0. The normalized spacial score (nSPS) is 16.4. The van der Waals surface area contributed by atoms with Gasteiger partial charge < -0.3 is 4.57 Å². The van der Waals surface area contributed by atoms with E-state index < -0.39 is 0 Å². The zero-order valence-electron chi connectivity index (χ0n) is 12.7. The smallest absolute Gasteiger partial charge is 0.184 e. The predicted molar refractivity (Wildman–Crippen MR) is 88.5 cm³/mol. The Morgan fingerprint density at radius 3 is 2.64 bits per heavy atom. The molecule has 3 rings (SSSR count). The molecule has 116 valence electrons. The van der Waals surface area contributed by atoms with Gasteiger partial charge in [0.2, 0.25) is 0 Å². The average molecular weight is 317 g/mol. The van der Waals surface area contributed by atoms with Gasteiger partial charge in [0.1, 0.15) is 0 Å². The van der Waals surface area contributed by atoms with Gasteiger partial charge in [0.15, 0.2) is 5.78 Å². The van der Waals surface area contributed by atoms with Crippen molar-refractivity contribution in [1.29, 1.82) is 0 Å². The molecule has 0 spiro atoms. The molecule has 1 aromatic heterocycles. The Hall–Kier alpha value is -1.61. The highest BCUT2D eigenvalue weighted by Crippen LogP contribution is 2.33. The van der Waals surface area contributed by atoms with E-state index in [0.29, 0.717) is 16.5 Å². The highest BCUT2D eigenvalue weighted by molar-refractivity contribution is 6.34. The van der Waals surface area contributed by atoms with E-state index in [2.05, 4.69) is 11.1 Å². The van der Waals surface area contributed by atoms with Gasteiger partial charge in [-0.25, -0.2) is 4.98 Å². The number of imidazole rings is 1. The molecule has 22 heavy (non-hydrogen) atoms. The molecule has 1 aliphatic carbocycles. The molecular weight excluding hydrogens is 296 g/mol. The van der Waals surface area contributed by atoms with E-state index in [9.17, 15) is 4.79 Å². The fraction of sp³-hybridized carbons (Fsp3) is 0.444. The lowest BCUT2D eigenvalue weighted by Crippen LogP contribution is -2.10. The summed E-state index contributed by atoms with van der Waals surface area (Å²) in [5, 5.41) is 0.576. The molecule has 0 aliphatic heterocycles. The van der Waals surface area contributed by atoms with Gasteiger partial charge in [-0.05, 0) is 36.5 Å². The molecule has 0 radical (unpaired) electrons. The van der Waals surface area contributed by atoms with E-state index in [1.54, 1.807) is 23.3 Å². The van der Waals surface area contributed by atoms with E-state index in [1.807, 2.05) is 12.1 Å². The van der Waals surface area contributed by atoms with Crippen molar-refractivity contribution in [3.05, 3.63) is 53.1 Å². The molecule has 1 heterocycles. The average Bonchev–Trinajstić information content (AvgIpc) is 2.86. The molecule has 1 fully saturated rings. The van der Waals surface area contributed by atoms with Crippen LogP contribution in [0.4, 0.5) is 0 Å². The third-order valence-electron chi connectivity index (χ3n) is 4.51. The van der Waals surface area contributed by atoms with E-state index in [-0.39, 0.29) is 12.3 Å². The van der Waals surface area contributed by atoms with Crippen LogP contribution in [0.5, 0.6) is 0 Å². The van der Waals surface area contributed by atoms with Crippen LogP contribution in [0.25, 0.3) is 0 Å². The molecule has 0 amide bonds. The predicted octanol–water partition coefficient (Wildman–Crippen LogP) is 4.86. The first-order chi connectivity index (χ1) is 10.7. The van der Waals surface area contributed by atoms with Crippen LogP contribution in [0, 0.1) is 0 Å². The second kappa shape index (κ2) is 7.10. The van der Waals surface area contributed by atoms with Gasteiger partial charge in [0, 0.05) is 18.0 Å². The summed E-state index contributed by atoms with van der Waals surface area (Å²) >= 11 is 6.38. The molecule has 0 bridgehead atoms. The van der Waals surface area contributed by atoms with Gasteiger partial charge >= 0.3 is 0 Å².